The van der Waals surface area contributed by atoms with Gasteiger partial charge in [0.05, 0.1) is 0 Å². The van der Waals surface area contributed by atoms with E-state index in [9.17, 15) is 0 Å². The summed E-state index contributed by atoms with van der Waals surface area (Å²) in [6, 6.07) is 12.3. The van der Waals surface area contributed by atoms with E-state index < -0.39 is 16.1 Å². The first-order chi connectivity index (χ1) is 17.4. The summed E-state index contributed by atoms with van der Waals surface area (Å²) in [5.41, 5.74) is 12.3. The molecule has 0 amide bonds. The average Bonchev–Trinajstić information content (AvgIpc) is 2.84. The third-order valence-electron chi connectivity index (χ3n) is 8.77. The van der Waals surface area contributed by atoms with E-state index in [-0.39, 0.29) is 16.2 Å². The Kier molecular flexibility index (Phi) is 12.5. The van der Waals surface area contributed by atoms with Crippen molar-refractivity contribution in [1.29, 1.82) is 0 Å². The molecule has 38 heavy (non-hydrogen) atoms. The van der Waals surface area contributed by atoms with Crippen molar-refractivity contribution >= 4 is 35.0 Å². The van der Waals surface area contributed by atoms with Gasteiger partial charge < -0.3 is 0 Å². The van der Waals surface area contributed by atoms with Crippen LogP contribution in [-0.4, -0.2) is 21.4 Å². The highest BCUT2D eigenvalue weighted by Crippen LogP contribution is 2.35. The van der Waals surface area contributed by atoms with Crippen LogP contribution in [0.2, 0.25) is 36.3 Å². The van der Waals surface area contributed by atoms with E-state index in [0.29, 0.717) is 0 Å². The van der Waals surface area contributed by atoms with E-state index in [1.165, 1.54) is 66.5 Å². The van der Waals surface area contributed by atoms with E-state index in [2.05, 4.69) is 139 Å². The van der Waals surface area contributed by atoms with Crippen molar-refractivity contribution in [3.8, 4) is 22.9 Å². The van der Waals surface area contributed by atoms with E-state index in [4.69, 9.17) is 0 Å². The second kappa shape index (κ2) is 13.5. The molecule has 0 aliphatic heterocycles. The van der Waals surface area contributed by atoms with E-state index in [0.717, 1.165) is 5.29 Å². The van der Waals surface area contributed by atoms with Crippen molar-refractivity contribution in [2.24, 2.45) is 0 Å². The zero-order valence-electron chi connectivity index (χ0n) is 27.8. The summed E-state index contributed by atoms with van der Waals surface area (Å²) in [7, 11) is -1.95. The molecule has 0 saturated heterocycles. The minimum absolute atomic E-state index is 0.0408. The summed E-state index contributed by atoms with van der Waals surface area (Å²) in [5, 5.41) is 2.56. The summed E-state index contributed by atoms with van der Waals surface area (Å²) < 4.78 is 0. The quantitative estimate of drug-likeness (QED) is 0.175. The van der Waals surface area contributed by atoms with Crippen LogP contribution < -0.4 is 5.30 Å². The molecule has 0 aromatic heterocycles. The third kappa shape index (κ3) is 8.98. The molecule has 0 spiro atoms. The molecular formula is C35H59PSi2. The van der Waals surface area contributed by atoms with Crippen molar-refractivity contribution in [3.63, 3.8) is 0 Å². The lowest BCUT2D eigenvalue weighted by molar-refractivity contribution is 0.554. The third-order valence-corrected chi connectivity index (χ3v) is 19.4. The summed E-state index contributed by atoms with van der Waals surface area (Å²) in [6.45, 7) is 35.3. The lowest BCUT2D eigenvalue weighted by Gasteiger charge is -2.32. The lowest BCUT2D eigenvalue weighted by Crippen LogP contribution is -2.31. The van der Waals surface area contributed by atoms with Crippen LogP contribution >= 0.6 is 8.20 Å². The maximum atomic E-state index is 3.90. The number of hydrogen-bond donors (Lipinski definition) is 0. The molecule has 0 nitrogen and oxygen atoms in total. The fourth-order valence-corrected chi connectivity index (χ4v) is 11.5. The van der Waals surface area contributed by atoms with Crippen molar-refractivity contribution in [1.82, 2.24) is 0 Å². The highest BCUT2D eigenvalue weighted by atomic mass is 31.1. The Morgan fingerprint density at radius 1 is 0.579 bits per heavy atom. The van der Waals surface area contributed by atoms with Gasteiger partial charge in [-0.15, -0.1) is 11.1 Å². The van der Waals surface area contributed by atoms with Gasteiger partial charge in [-0.05, 0) is 77.4 Å². The lowest BCUT2D eigenvalue weighted by atomic mass is 9.75. The van der Waals surface area contributed by atoms with Gasteiger partial charge in [-0.2, -0.15) is 0 Å². The zero-order chi connectivity index (χ0) is 29.6. The summed E-state index contributed by atoms with van der Waals surface area (Å²) in [5.74, 6) is 7.55. The summed E-state index contributed by atoms with van der Waals surface area (Å²) in [4.78, 5) is 0. The average molecular weight is 567 g/mol. The maximum Gasteiger partial charge on any atom is 0.138 e. The molecule has 0 N–H and O–H groups in total. The van der Waals surface area contributed by atoms with Crippen LogP contribution in [0.5, 0.6) is 0 Å². The van der Waals surface area contributed by atoms with Crippen molar-refractivity contribution in [2.75, 3.05) is 0 Å². The number of rotatable bonds is 7. The molecule has 1 rings (SSSR count). The molecule has 0 bridgehead atoms. The number of hydrogen-bond acceptors (Lipinski definition) is 0. The van der Waals surface area contributed by atoms with Crippen molar-refractivity contribution < 1.29 is 0 Å². The molecule has 0 aliphatic rings. The Morgan fingerprint density at radius 2 is 0.895 bits per heavy atom. The van der Waals surface area contributed by atoms with Gasteiger partial charge in [-0.1, -0.05) is 128 Å². The van der Waals surface area contributed by atoms with E-state index in [1.807, 2.05) is 0 Å². The summed E-state index contributed by atoms with van der Waals surface area (Å²) in [6.07, 6.45) is 0. The second-order valence-electron chi connectivity index (χ2n) is 14.3. The molecule has 212 valence electrons. The number of benzene rings is 1. The van der Waals surface area contributed by atoms with Gasteiger partial charge in [-0.25, -0.2) is 0 Å². The Morgan fingerprint density at radius 3 is 1.13 bits per heavy atom. The maximum absolute atomic E-state index is 3.90. The molecule has 0 saturated carbocycles. The molecule has 0 fully saturated rings. The van der Waals surface area contributed by atoms with Gasteiger partial charge in [0, 0.05) is 5.30 Å². The van der Waals surface area contributed by atoms with E-state index in [1.54, 1.807) is 0 Å². The van der Waals surface area contributed by atoms with Gasteiger partial charge in [0.2, 0.25) is 0 Å². The van der Waals surface area contributed by atoms with Crippen LogP contribution in [0.1, 0.15) is 121 Å². The molecule has 0 heterocycles. The minimum Gasteiger partial charge on any atom is -0.125 e. The Balaban J connectivity index is 4.24. The first-order valence-electron chi connectivity index (χ1n) is 15.2. The molecule has 1 aromatic rings. The SMILES string of the molecule is CC[Si](C#CC(C#C[Si](CC)(CC)CC)=Pc1c(C(C)(C)C)cc(C(C)(C)C)cc1C(C)(C)C)(CC)CC. The minimum atomic E-state index is -1.57. The predicted molar refractivity (Wildman–Crippen MR) is 184 cm³/mol. The topological polar surface area (TPSA) is 0 Å². The highest BCUT2D eigenvalue weighted by Gasteiger charge is 2.29. The Labute approximate surface area is 242 Å². The molecular weight excluding hydrogens is 508 g/mol. The Hall–Kier alpha value is -1.06. The normalized spacial score (nSPS) is 13.0. The van der Waals surface area contributed by atoms with Gasteiger partial charge in [0.1, 0.15) is 21.4 Å². The largest absolute Gasteiger partial charge is 0.138 e. The monoisotopic (exact) mass is 566 g/mol. The first kappa shape index (κ1) is 35.0. The fourth-order valence-electron chi connectivity index (χ4n) is 4.94. The molecule has 3 heteroatoms. The first-order valence-corrected chi connectivity index (χ1v) is 21.4. The van der Waals surface area contributed by atoms with Gasteiger partial charge in [0.15, 0.2) is 0 Å². The zero-order valence-corrected chi connectivity index (χ0v) is 30.7. The molecule has 0 unspecified atom stereocenters. The van der Waals surface area contributed by atoms with Crippen molar-refractivity contribution in [3.05, 3.63) is 28.8 Å². The van der Waals surface area contributed by atoms with Crippen LogP contribution in [-0.2, 0) is 16.2 Å². The molecule has 0 atom stereocenters. The van der Waals surface area contributed by atoms with Gasteiger partial charge >= 0.3 is 0 Å². The van der Waals surface area contributed by atoms with Crippen LogP contribution in [0, 0.1) is 22.9 Å². The Bertz CT molecular complexity index is 996. The van der Waals surface area contributed by atoms with Crippen LogP contribution in [0.15, 0.2) is 12.1 Å². The fraction of sp³-hybridized carbons (Fsp3) is 0.686. The van der Waals surface area contributed by atoms with Crippen LogP contribution in [0.25, 0.3) is 0 Å². The molecule has 0 aliphatic carbocycles. The summed E-state index contributed by atoms with van der Waals surface area (Å²) >= 11 is 0. The van der Waals surface area contributed by atoms with Crippen LogP contribution in [0.3, 0.4) is 0 Å². The van der Waals surface area contributed by atoms with E-state index >= 15 is 0 Å². The van der Waals surface area contributed by atoms with Crippen molar-refractivity contribution in [2.45, 2.75) is 156 Å². The van der Waals surface area contributed by atoms with Gasteiger partial charge in [0.25, 0.3) is 0 Å². The highest BCUT2D eigenvalue weighted by molar-refractivity contribution is 7.51. The van der Waals surface area contributed by atoms with Crippen LogP contribution in [0.4, 0.5) is 0 Å². The standard InChI is InChI=1S/C35H59PSi2/c1-16-37(17-2,18-3)24-22-29(23-25-38(19-4,20-5)21-6)36-32-30(34(10,11)12)26-28(33(7,8)9)27-31(32)35(13,14)15/h26-27H,16-21H2,1-15H3. The second-order valence-corrected chi connectivity index (χ2v) is 25.3. The molecule has 1 aromatic carbocycles. The molecule has 0 radical (unpaired) electrons. The smallest absolute Gasteiger partial charge is 0.125 e. The predicted octanol–water partition coefficient (Wildman–Crippen LogP) is 10.4. The van der Waals surface area contributed by atoms with Gasteiger partial charge in [-0.3, -0.25) is 0 Å².